The first-order valence-corrected chi connectivity index (χ1v) is 14.6. The van der Waals surface area contributed by atoms with Crippen molar-refractivity contribution in [2.24, 2.45) is 16.8 Å². The van der Waals surface area contributed by atoms with E-state index in [-0.39, 0.29) is 29.6 Å². The molecular weight excluding hydrogens is 516 g/mol. The zero-order valence-corrected chi connectivity index (χ0v) is 23.1. The van der Waals surface area contributed by atoms with E-state index >= 15 is 0 Å². The number of likely N-dealkylation sites (tertiary alicyclic amines) is 2. The highest BCUT2D eigenvalue weighted by molar-refractivity contribution is 6.15. The fourth-order valence-corrected chi connectivity index (χ4v) is 6.57. The van der Waals surface area contributed by atoms with Gasteiger partial charge in [-0.3, -0.25) is 24.3 Å². The molecular formula is C33H34N4O4. The molecule has 2 aromatic carbocycles. The van der Waals surface area contributed by atoms with E-state index in [1.807, 2.05) is 34.1 Å². The molecule has 7 rings (SSSR count). The van der Waals surface area contributed by atoms with Gasteiger partial charge in [-0.05, 0) is 67.4 Å². The number of furan rings is 1. The van der Waals surface area contributed by atoms with Crippen LogP contribution in [-0.4, -0.2) is 76.5 Å². The maximum atomic E-state index is 14.1. The van der Waals surface area contributed by atoms with Crippen molar-refractivity contribution in [1.82, 2.24) is 14.7 Å². The van der Waals surface area contributed by atoms with Gasteiger partial charge in [-0.25, -0.2) is 0 Å². The van der Waals surface area contributed by atoms with Crippen molar-refractivity contribution in [3.63, 3.8) is 0 Å². The Balaban J connectivity index is 1.16. The van der Waals surface area contributed by atoms with E-state index in [0.29, 0.717) is 44.9 Å². The minimum absolute atomic E-state index is 0.0116. The Morgan fingerprint density at radius 1 is 0.951 bits per heavy atom. The molecule has 4 aliphatic rings. The second-order valence-electron chi connectivity index (χ2n) is 11.9. The van der Waals surface area contributed by atoms with Crippen molar-refractivity contribution in [2.75, 3.05) is 32.7 Å². The number of fused-ring (bicyclic) bond motifs is 1. The SMILES string of the molecule is C=CC(=O)N1CCC2(CC1)N=C(c1ccc(-c3ccc4ccoc4c3)cc1)N(CC1CCN(C(=O)C3CC3)C1)C2=O. The molecule has 3 amide bonds. The van der Waals surface area contributed by atoms with Crippen LogP contribution in [0.5, 0.6) is 0 Å². The summed E-state index contributed by atoms with van der Waals surface area (Å²) in [5.41, 5.74) is 2.99. The van der Waals surface area contributed by atoms with Crippen LogP contribution < -0.4 is 0 Å². The predicted molar refractivity (Wildman–Crippen MR) is 156 cm³/mol. The molecule has 210 valence electrons. The zero-order chi connectivity index (χ0) is 28.1. The molecule has 1 saturated carbocycles. The van der Waals surface area contributed by atoms with Crippen LogP contribution in [0.3, 0.4) is 0 Å². The Labute approximate surface area is 239 Å². The molecule has 2 saturated heterocycles. The summed E-state index contributed by atoms with van der Waals surface area (Å²) in [6, 6.07) is 16.3. The highest BCUT2D eigenvalue weighted by Gasteiger charge is 2.51. The van der Waals surface area contributed by atoms with E-state index in [9.17, 15) is 14.4 Å². The van der Waals surface area contributed by atoms with Crippen LogP contribution in [-0.2, 0) is 14.4 Å². The topological polar surface area (TPSA) is 86.4 Å². The maximum absolute atomic E-state index is 14.1. The highest BCUT2D eigenvalue weighted by atomic mass is 16.3. The first-order chi connectivity index (χ1) is 19.9. The quantitative estimate of drug-likeness (QED) is 0.423. The summed E-state index contributed by atoms with van der Waals surface area (Å²) in [4.78, 5) is 49.7. The van der Waals surface area contributed by atoms with Gasteiger partial charge in [0.1, 0.15) is 17.0 Å². The lowest BCUT2D eigenvalue weighted by Gasteiger charge is -2.36. The van der Waals surface area contributed by atoms with Crippen LogP contribution >= 0.6 is 0 Å². The summed E-state index contributed by atoms with van der Waals surface area (Å²) in [6.07, 6.45) is 6.89. The van der Waals surface area contributed by atoms with Crippen molar-refractivity contribution < 1.29 is 18.8 Å². The fraction of sp³-hybridized carbons (Fsp3) is 0.394. The second-order valence-corrected chi connectivity index (χ2v) is 11.9. The van der Waals surface area contributed by atoms with Crippen molar-refractivity contribution in [3.8, 4) is 11.1 Å². The number of nitrogens with zero attached hydrogens (tertiary/aromatic N) is 4. The summed E-state index contributed by atoms with van der Waals surface area (Å²) >= 11 is 0. The molecule has 3 fully saturated rings. The van der Waals surface area contributed by atoms with Gasteiger partial charge in [-0.15, -0.1) is 0 Å². The molecule has 8 heteroatoms. The molecule has 41 heavy (non-hydrogen) atoms. The highest BCUT2D eigenvalue weighted by Crippen LogP contribution is 2.38. The Bertz CT molecular complexity index is 1560. The lowest BCUT2D eigenvalue weighted by atomic mass is 9.87. The number of carbonyl (C=O) groups is 3. The number of benzene rings is 2. The third-order valence-electron chi connectivity index (χ3n) is 9.19. The van der Waals surface area contributed by atoms with E-state index < -0.39 is 5.54 Å². The third kappa shape index (κ3) is 4.65. The Hall–Kier alpha value is -4.20. The van der Waals surface area contributed by atoms with E-state index in [2.05, 4.69) is 30.8 Å². The van der Waals surface area contributed by atoms with Crippen LogP contribution in [0.25, 0.3) is 22.1 Å². The molecule has 1 spiro atoms. The predicted octanol–water partition coefficient (Wildman–Crippen LogP) is 4.49. The second kappa shape index (κ2) is 10.0. The van der Waals surface area contributed by atoms with Crippen molar-refractivity contribution in [2.45, 2.75) is 37.6 Å². The molecule has 4 heterocycles. The van der Waals surface area contributed by atoms with Gasteiger partial charge >= 0.3 is 0 Å². The van der Waals surface area contributed by atoms with Crippen LogP contribution in [0.1, 0.15) is 37.7 Å². The summed E-state index contributed by atoms with van der Waals surface area (Å²) in [5.74, 6) is 1.28. The van der Waals surface area contributed by atoms with Crippen LogP contribution in [0, 0.1) is 11.8 Å². The van der Waals surface area contributed by atoms with Gasteiger partial charge in [-0.2, -0.15) is 0 Å². The van der Waals surface area contributed by atoms with Crippen LogP contribution in [0.2, 0.25) is 0 Å². The van der Waals surface area contributed by atoms with Gasteiger partial charge in [-0.1, -0.05) is 43.0 Å². The minimum atomic E-state index is -0.863. The van der Waals surface area contributed by atoms with E-state index in [0.717, 1.165) is 53.5 Å². The van der Waals surface area contributed by atoms with Gasteiger partial charge in [0.2, 0.25) is 11.8 Å². The van der Waals surface area contributed by atoms with Crippen molar-refractivity contribution >= 4 is 34.5 Å². The minimum Gasteiger partial charge on any atom is -0.464 e. The molecule has 8 nitrogen and oxygen atoms in total. The van der Waals surface area contributed by atoms with Gasteiger partial charge in [0.25, 0.3) is 5.91 Å². The average molecular weight is 551 g/mol. The molecule has 1 aliphatic carbocycles. The largest absolute Gasteiger partial charge is 0.464 e. The number of amidine groups is 1. The zero-order valence-electron chi connectivity index (χ0n) is 23.1. The molecule has 1 aromatic heterocycles. The third-order valence-corrected chi connectivity index (χ3v) is 9.19. The molecule has 0 bridgehead atoms. The van der Waals surface area contributed by atoms with Gasteiger partial charge in [0.15, 0.2) is 0 Å². The van der Waals surface area contributed by atoms with Crippen LogP contribution in [0.4, 0.5) is 0 Å². The first kappa shape index (κ1) is 25.7. The maximum Gasteiger partial charge on any atom is 0.256 e. The normalized spacial score (nSPS) is 22.0. The van der Waals surface area contributed by atoms with Gasteiger partial charge in [0.05, 0.1) is 6.26 Å². The summed E-state index contributed by atoms with van der Waals surface area (Å²) < 4.78 is 5.59. The molecule has 1 unspecified atom stereocenters. The number of amides is 3. The van der Waals surface area contributed by atoms with Gasteiger partial charge in [0, 0.05) is 49.6 Å². The Kier molecular flexibility index (Phi) is 6.29. The molecule has 0 radical (unpaired) electrons. The fourth-order valence-electron chi connectivity index (χ4n) is 6.57. The van der Waals surface area contributed by atoms with E-state index in [4.69, 9.17) is 9.41 Å². The Morgan fingerprint density at radius 3 is 2.41 bits per heavy atom. The lowest BCUT2D eigenvalue weighted by molar-refractivity contribution is -0.136. The number of hydrogen-bond donors (Lipinski definition) is 0. The summed E-state index contributed by atoms with van der Waals surface area (Å²) in [5, 5.41) is 1.07. The number of hydrogen-bond acceptors (Lipinski definition) is 5. The first-order valence-electron chi connectivity index (χ1n) is 14.6. The van der Waals surface area contributed by atoms with Crippen molar-refractivity contribution in [3.05, 3.63) is 73.0 Å². The number of carbonyl (C=O) groups excluding carboxylic acids is 3. The molecule has 0 N–H and O–H groups in total. The van der Waals surface area contributed by atoms with Crippen molar-refractivity contribution in [1.29, 1.82) is 0 Å². The monoisotopic (exact) mass is 550 g/mol. The number of aliphatic imine (C=N–C) groups is 1. The smallest absolute Gasteiger partial charge is 0.256 e. The van der Waals surface area contributed by atoms with Crippen LogP contribution in [0.15, 0.2) is 76.9 Å². The van der Waals surface area contributed by atoms with E-state index in [1.165, 1.54) is 6.08 Å². The number of rotatable bonds is 6. The lowest BCUT2D eigenvalue weighted by Crippen LogP contribution is -2.51. The van der Waals surface area contributed by atoms with Gasteiger partial charge < -0.3 is 14.2 Å². The molecule has 1 atom stereocenters. The van der Waals surface area contributed by atoms with E-state index in [1.54, 1.807) is 11.2 Å². The Morgan fingerprint density at radius 2 is 1.68 bits per heavy atom. The number of piperidine rings is 1. The summed E-state index contributed by atoms with van der Waals surface area (Å²) in [6.45, 7) is 6.55. The molecule has 3 aliphatic heterocycles. The standard InChI is InChI=1S/C33H34N4O4/c1-2-29(38)35-16-13-33(14-17-35)32(40)37(21-22-11-15-36(20-22)31(39)26-8-9-26)30(34-33)25-6-3-23(4-7-25)27-10-5-24-12-18-41-28(24)19-27/h2-7,10,12,18-19,22,26H,1,8-9,11,13-17,20-21H2. The summed E-state index contributed by atoms with van der Waals surface area (Å²) in [7, 11) is 0. The average Bonchev–Trinajstić information content (AvgIpc) is 3.46. The molecule has 3 aromatic rings.